The molecule has 4 rings (SSSR count). The van der Waals surface area contributed by atoms with Crippen molar-refractivity contribution in [3.05, 3.63) is 58.2 Å². The third-order valence-corrected chi connectivity index (χ3v) is 7.69. The minimum absolute atomic E-state index is 0.354. The number of benzene rings is 1. The maximum absolute atomic E-state index is 4.56. The van der Waals surface area contributed by atoms with E-state index in [2.05, 4.69) is 66.4 Å². The van der Waals surface area contributed by atoms with E-state index in [1.54, 1.807) is 6.33 Å². The number of hydrazone groups is 1. The summed E-state index contributed by atoms with van der Waals surface area (Å²) in [6, 6.07) is 10.3. The molecule has 1 aliphatic carbocycles. The predicted molar refractivity (Wildman–Crippen MR) is 129 cm³/mol. The lowest BCUT2D eigenvalue weighted by atomic mass is 9.69. The molecule has 0 unspecified atom stereocenters. The Hall–Kier alpha value is -2.53. The van der Waals surface area contributed by atoms with Gasteiger partial charge in [-0.3, -0.25) is 5.43 Å². The van der Waals surface area contributed by atoms with Gasteiger partial charge in [-0.25, -0.2) is 9.97 Å². The monoisotopic (exact) mass is 418 g/mol. The van der Waals surface area contributed by atoms with Gasteiger partial charge in [0.05, 0.1) is 11.6 Å². The fourth-order valence-corrected chi connectivity index (χ4v) is 5.38. The third-order valence-electron chi connectivity index (χ3n) is 6.49. The molecule has 1 N–H and O–H groups in total. The zero-order chi connectivity index (χ0) is 21.1. The first-order valence-corrected chi connectivity index (χ1v) is 11.6. The van der Waals surface area contributed by atoms with Crippen LogP contribution in [0, 0.1) is 11.3 Å². The molecule has 0 saturated carbocycles. The Morgan fingerprint density at radius 3 is 2.83 bits per heavy atom. The van der Waals surface area contributed by atoms with Gasteiger partial charge < -0.3 is 0 Å². The standard InChI is InChI=1S/C25H30N4S/c1-5-25(3,4)19-11-12-21-20(14-19)22-23(26-16-27-24(22)30-21)29-28-15-17(2)13-18-9-7-6-8-10-18/h6-10,13,15-16,19H,5,11-12,14H2,1-4H3,(H,26,27,29)/b17-13+,28-15+/t19-/m0/s1. The number of nitrogens with one attached hydrogen (secondary N) is 1. The van der Waals surface area contributed by atoms with Crippen LogP contribution >= 0.6 is 11.3 Å². The van der Waals surface area contributed by atoms with Crippen LogP contribution in [0.15, 0.2) is 47.3 Å². The zero-order valence-corrected chi connectivity index (χ0v) is 19.1. The van der Waals surface area contributed by atoms with Crippen LogP contribution < -0.4 is 5.43 Å². The van der Waals surface area contributed by atoms with Gasteiger partial charge in [0.1, 0.15) is 11.2 Å². The summed E-state index contributed by atoms with van der Waals surface area (Å²) in [6.07, 6.45) is 10.3. The smallest absolute Gasteiger partial charge is 0.158 e. The van der Waals surface area contributed by atoms with E-state index in [4.69, 9.17) is 0 Å². The number of rotatable bonds is 6. The Kier molecular flexibility index (Phi) is 6.00. The molecule has 0 bridgehead atoms. The van der Waals surface area contributed by atoms with Crippen LogP contribution in [0.5, 0.6) is 0 Å². The second kappa shape index (κ2) is 8.68. The summed E-state index contributed by atoms with van der Waals surface area (Å²) in [5, 5.41) is 5.63. The molecule has 30 heavy (non-hydrogen) atoms. The lowest BCUT2D eigenvalue weighted by molar-refractivity contribution is 0.184. The Labute approximate surface area is 183 Å². The van der Waals surface area contributed by atoms with E-state index in [0.717, 1.165) is 34.4 Å². The van der Waals surface area contributed by atoms with Gasteiger partial charge in [-0.05, 0) is 54.2 Å². The van der Waals surface area contributed by atoms with E-state index < -0.39 is 0 Å². The molecular formula is C25H30N4S. The van der Waals surface area contributed by atoms with Crippen LogP contribution in [0.25, 0.3) is 16.3 Å². The van der Waals surface area contributed by atoms with Gasteiger partial charge in [-0.15, -0.1) is 11.3 Å². The van der Waals surface area contributed by atoms with Crippen molar-refractivity contribution in [2.24, 2.45) is 16.4 Å². The van der Waals surface area contributed by atoms with Crippen molar-refractivity contribution in [1.82, 2.24) is 9.97 Å². The van der Waals surface area contributed by atoms with Gasteiger partial charge in [0, 0.05) is 4.88 Å². The minimum atomic E-state index is 0.354. The normalized spacial score (nSPS) is 17.5. The van der Waals surface area contributed by atoms with Crippen LogP contribution in [0.2, 0.25) is 0 Å². The Morgan fingerprint density at radius 2 is 2.07 bits per heavy atom. The second-order valence-corrected chi connectivity index (χ2v) is 9.94. The molecule has 5 heteroatoms. The van der Waals surface area contributed by atoms with E-state index in [1.165, 1.54) is 28.8 Å². The van der Waals surface area contributed by atoms with Gasteiger partial charge in [0.15, 0.2) is 5.82 Å². The molecule has 0 aliphatic heterocycles. The van der Waals surface area contributed by atoms with E-state index in [0.29, 0.717) is 11.3 Å². The van der Waals surface area contributed by atoms with Crippen molar-refractivity contribution in [1.29, 1.82) is 0 Å². The highest BCUT2D eigenvalue weighted by Crippen LogP contribution is 2.45. The molecule has 1 aromatic carbocycles. The van der Waals surface area contributed by atoms with E-state index >= 15 is 0 Å². The van der Waals surface area contributed by atoms with E-state index in [9.17, 15) is 0 Å². The lowest BCUT2D eigenvalue weighted by Crippen LogP contribution is -2.28. The van der Waals surface area contributed by atoms with Crippen LogP contribution in [0.4, 0.5) is 5.82 Å². The van der Waals surface area contributed by atoms with Crippen molar-refractivity contribution < 1.29 is 0 Å². The fraction of sp³-hybridized carbons (Fsp3) is 0.400. The van der Waals surface area contributed by atoms with Crippen LogP contribution in [-0.4, -0.2) is 16.2 Å². The number of anilines is 1. The molecule has 156 valence electrons. The van der Waals surface area contributed by atoms with Crippen molar-refractivity contribution >= 4 is 39.7 Å². The number of nitrogens with zero attached hydrogens (tertiary/aromatic N) is 3. The summed E-state index contributed by atoms with van der Waals surface area (Å²) in [5.41, 5.74) is 7.23. The number of hydrogen-bond acceptors (Lipinski definition) is 5. The van der Waals surface area contributed by atoms with Gasteiger partial charge in [0.25, 0.3) is 0 Å². The topological polar surface area (TPSA) is 50.2 Å². The van der Waals surface area contributed by atoms with Gasteiger partial charge >= 0.3 is 0 Å². The number of hydrogen-bond donors (Lipinski definition) is 1. The summed E-state index contributed by atoms with van der Waals surface area (Å²) in [7, 11) is 0. The first-order chi connectivity index (χ1) is 14.5. The molecule has 4 nitrogen and oxygen atoms in total. The maximum Gasteiger partial charge on any atom is 0.158 e. The van der Waals surface area contributed by atoms with Gasteiger partial charge in [-0.1, -0.05) is 63.6 Å². The summed E-state index contributed by atoms with van der Waals surface area (Å²) < 4.78 is 0. The first kappa shape index (κ1) is 20.7. The number of allylic oxidation sites excluding steroid dienone is 1. The maximum atomic E-state index is 4.56. The van der Waals surface area contributed by atoms with E-state index in [-0.39, 0.29) is 0 Å². The van der Waals surface area contributed by atoms with Crippen molar-refractivity contribution in [2.45, 2.75) is 53.4 Å². The fourth-order valence-electron chi connectivity index (χ4n) is 4.19. The molecule has 0 radical (unpaired) electrons. The largest absolute Gasteiger partial charge is 0.261 e. The molecule has 2 aromatic heterocycles. The average Bonchev–Trinajstić information content (AvgIpc) is 3.13. The van der Waals surface area contributed by atoms with Crippen LogP contribution in [-0.2, 0) is 12.8 Å². The Balaban J connectivity index is 1.58. The SMILES string of the molecule is CCC(C)(C)[C@H]1CCc2sc3ncnc(N/N=C/C(C)=C/c4ccccc4)c3c2C1. The average molecular weight is 419 g/mol. The Bertz CT molecular complexity index is 1080. The number of aryl methyl sites for hydroxylation is 1. The van der Waals surface area contributed by atoms with E-state index in [1.807, 2.05) is 35.8 Å². The molecule has 1 atom stereocenters. The van der Waals surface area contributed by atoms with Crippen LogP contribution in [0.1, 0.15) is 56.5 Å². The molecule has 0 spiro atoms. The predicted octanol–water partition coefficient (Wildman–Crippen LogP) is 6.73. The molecule has 1 aliphatic rings. The van der Waals surface area contributed by atoms with Gasteiger partial charge in [0.2, 0.25) is 0 Å². The molecule has 3 aromatic rings. The number of thiophene rings is 1. The van der Waals surface area contributed by atoms with Crippen molar-refractivity contribution in [2.75, 3.05) is 5.43 Å². The number of aromatic nitrogens is 2. The summed E-state index contributed by atoms with van der Waals surface area (Å²) in [4.78, 5) is 11.6. The van der Waals surface area contributed by atoms with Gasteiger partial charge in [-0.2, -0.15) is 5.10 Å². The zero-order valence-electron chi connectivity index (χ0n) is 18.3. The third kappa shape index (κ3) is 4.31. The molecule has 0 fully saturated rings. The molecule has 0 saturated heterocycles. The minimum Gasteiger partial charge on any atom is -0.261 e. The quantitative estimate of drug-likeness (QED) is 0.356. The highest BCUT2D eigenvalue weighted by molar-refractivity contribution is 7.19. The highest BCUT2D eigenvalue weighted by Gasteiger charge is 2.33. The summed E-state index contributed by atoms with van der Waals surface area (Å²) in [5.74, 6) is 1.51. The second-order valence-electron chi connectivity index (χ2n) is 8.86. The molecule has 0 amide bonds. The lowest BCUT2D eigenvalue weighted by Gasteiger charge is -2.36. The Morgan fingerprint density at radius 1 is 1.27 bits per heavy atom. The summed E-state index contributed by atoms with van der Waals surface area (Å²) >= 11 is 1.82. The molecule has 2 heterocycles. The molecular weight excluding hydrogens is 388 g/mol. The summed E-state index contributed by atoms with van der Waals surface area (Å²) in [6.45, 7) is 9.16. The van der Waals surface area contributed by atoms with Crippen molar-refractivity contribution in [3.8, 4) is 0 Å². The number of fused-ring (bicyclic) bond motifs is 3. The van der Waals surface area contributed by atoms with Crippen molar-refractivity contribution in [3.63, 3.8) is 0 Å². The van der Waals surface area contributed by atoms with Crippen LogP contribution in [0.3, 0.4) is 0 Å². The first-order valence-electron chi connectivity index (χ1n) is 10.8. The highest BCUT2D eigenvalue weighted by atomic mass is 32.1.